The summed E-state index contributed by atoms with van der Waals surface area (Å²) >= 11 is 6.01. The SMILES string of the molecule is Cc1cc(OC2CC(O)C23CCCC3)ccc1Cl. The van der Waals surface area contributed by atoms with E-state index in [1.165, 1.54) is 12.8 Å². The molecule has 98 valence electrons. The lowest BCUT2D eigenvalue weighted by Crippen LogP contribution is -2.58. The monoisotopic (exact) mass is 266 g/mol. The Balaban J connectivity index is 1.75. The highest BCUT2D eigenvalue weighted by molar-refractivity contribution is 6.31. The molecule has 2 nitrogen and oxygen atoms in total. The van der Waals surface area contributed by atoms with Crippen LogP contribution in [-0.4, -0.2) is 17.3 Å². The number of halogens is 1. The molecule has 0 amide bonds. The number of hydrogen-bond acceptors (Lipinski definition) is 2. The van der Waals surface area contributed by atoms with Crippen LogP contribution in [0.15, 0.2) is 18.2 Å². The predicted molar refractivity (Wildman–Crippen MR) is 72.1 cm³/mol. The maximum Gasteiger partial charge on any atom is 0.120 e. The molecule has 2 aliphatic carbocycles. The molecule has 0 aliphatic heterocycles. The third-order valence-electron chi connectivity index (χ3n) is 4.68. The molecule has 0 bridgehead atoms. The van der Waals surface area contributed by atoms with Gasteiger partial charge in [0, 0.05) is 16.9 Å². The van der Waals surface area contributed by atoms with Crippen LogP contribution in [0.1, 0.15) is 37.7 Å². The van der Waals surface area contributed by atoms with E-state index in [1.54, 1.807) is 0 Å². The van der Waals surface area contributed by atoms with Crippen molar-refractivity contribution in [2.75, 3.05) is 0 Å². The minimum atomic E-state index is -0.168. The van der Waals surface area contributed by atoms with Gasteiger partial charge in [0.05, 0.1) is 6.10 Å². The summed E-state index contributed by atoms with van der Waals surface area (Å²) < 4.78 is 6.08. The molecule has 1 N–H and O–H groups in total. The molecule has 2 unspecified atom stereocenters. The van der Waals surface area contributed by atoms with Crippen LogP contribution in [0.4, 0.5) is 0 Å². The van der Waals surface area contributed by atoms with Crippen molar-refractivity contribution in [2.45, 2.75) is 51.2 Å². The van der Waals surface area contributed by atoms with Gasteiger partial charge < -0.3 is 9.84 Å². The molecule has 2 fully saturated rings. The van der Waals surface area contributed by atoms with Gasteiger partial charge in [-0.15, -0.1) is 0 Å². The van der Waals surface area contributed by atoms with Crippen LogP contribution in [-0.2, 0) is 0 Å². The Labute approximate surface area is 113 Å². The second-order valence-electron chi connectivity index (χ2n) is 5.71. The highest BCUT2D eigenvalue weighted by Gasteiger charge is 2.57. The second kappa shape index (κ2) is 4.43. The molecule has 3 rings (SSSR count). The minimum absolute atomic E-state index is 0.0353. The molecule has 0 aromatic heterocycles. The molecule has 3 heteroatoms. The van der Waals surface area contributed by atoms with E-state index < -0.39 is 0 Å². The van der Waals surface area contributed by atoms with Gasteiger partial charge in [0.2, 0.25) is 0 Å². The number of aliphatic hydroxyl groups is 1. The highest BCUT2D eigenvalue weighted by Crippen LogP contribution is 2.54. The summed E-state index contributed by atoms with van der Waals surface area (Å²) in [6, 6.07) is 5.78. The maximum absolute atomic E-state index is 10.0. The number of aliphatic hydroxyl groups excluding tert-OH is 1. The van der Waals surface area contributed by atoms with Crippen LogP contribution in [0, 0.1) is 12.3 Å². The average molecular weight is 267 g/mol. The van der Waals surface area contributed by atoms with Crippen LogP contribution in [0.5, 0.6) is 5.75 Å². The number of ether oxygens (including phenoxy) is 1. The van der Waals surface area contributed by atoms with Gasteiger partial charge in [-0.25, -0.2) is 0 Å². The van der Waals surface area contributed by atoms with Crippen molar-refractivity contribution in [3.8, 4) is 5.75 Å². The van der Waals surface area contributed by atoms with Crippen molar-refractivity contribution >= 4 is 11.6 Å². The summed E-state index contributed by atoms with van der Waals surface area (Å²) in [5.41, 5.74) is 1.07. The third kappa shape index (κ3) is 1.83. The molecule has 18 heavy (non-hydrogen) atoms. The van der Waals surface area contributed by atoms with Crippen LogP contribution < -0.4 is 4.74 Å². The van der Waals surface area contributed by atoms with Gasteiger partial charge in [0.1, 0.15) is 11.9 Å². The molecule has 1 aromatic rings. The van der Waals surface area contributed by atoms with E-state index in [0.717, 1.165) is 35.6 Å². The lowest BCUT2D eigenvalue weighted by molar-refractivity contribution is -0.151. The molecule has 0 radical (unpaired) electrons. The summed E-state index contributed by atoms with van der Waals surface area (Å²) in [5.74, 6) is 0.875. The van der Waals surface area contributed by atoms with Crippen molar-refractivity contribution < 1.29 is 9.84 Å². The molecular formula is C15H19ClO2. The van der Waals surface area contributed by atoms with Crippen LogP contribution in [0.2, 0.25) is 5.02 Å². The van der Waals surface area contributed by atoms with Crippen molar-refractivity contribution in [2.24, 2.45) is 5.41 Å². The van der Waals surface area contributed by atoms with Crippen LogP contribution >= 0.6 is 11.6 Å². The first-order valence-corrected chi connectivity index (χ1v) is 7.10. The number of hydrogen-bond donors (Lipinski definition) is 1. The quantitative estimate of drug-likeness (QED) is 0.884. The van der Waals surface area contributed by atoms with E-state index in [9.17, 15) is 5.11 Å². The smallest absolute Gasteiger partial charge is 0.120 e. The standard InChI is InChI=1S/C15H19ClO2/c1-10-8-11(4-5-12(10)16)18-14-9-13(17)15(14)6-2-3-7-15/h4-5,8,13-14,17H,2-3,6-7,9H2,1H3. The topological polar surface area (TPSA) is 29.5 Å². The lowest BCUT2D eigenvalue weighted by Gasteiger charge is -2.51. The molecule has 1 aromatic carbocycles. The molecule has 0 heterocycles. The van der Waals surface area contributed by atoms with Crippen molar-refractivity contribution in [3.63, 3.8) is 0 Å². The Hall–Kier alpha value is -0.730. The van der Waals surface area contributed by atoms with Gasteiger partial charge in [0.25, 0.3) is 0 Å². The zero-order valence-electron chi connectivity index (χ0n) is 10.7. The Morgan fingerprint density at radius 1 is 1.33 bits per heavy atom. The number of rotatable bonds is 2. The summed E-state index contributed by atoms with van der Waals surface area (Å²) in [7, 11) is 0. The van der Waals surface area contributed by atoms with Crippen molar-refractivity contribution in [1.29, 1.82) is 0 Å². The minimum Gasteiger partial charge on any atom is -0.490 e. The fraction of sp³-hybridized carbons (Fsp3) is 0.600. The molecule has 0 saturated heterocycles. The third-order valence-corrected chi connectivity index (χ3v) is 5.11. The fourth-order valence-electron chi connectivity index (χ4n) is 3.43. The van der Waals surface area contributed by atoms with Gasteiger partial charge in [-0.1, -0.05) is 24.4 Å². The molecule has 2 aliphatic rings. The summed E-state index contributed by atoms with van der Waals surface area (Å²) in [5, 5.41) is 10.8. The fourth-order valence-corrected chi connectivity index (χ4v) is 3.55. The Morgan fingerprint density at radius 2 is 2.06 bits per heavy atom. The average Bonchev–Trinajstić information content (AvgIpc) is 2.85. The summed E-state index contributed by atoms with van der Waals surface area (Å²) in [6.07, 6.45) is 5.42. The molecule has 1 spiro atoms. The number of aryl methyl sites for hydroxylation is 1. The lowest BCUT2D eigenvalue weighted by atomic mass is 9.62. The zero-order valence-corrected chi connectivity index (χ0v) is 11.4. The first-order chi connectivity index (χ1) is 8.62. The van der Waals surface area contributed by atoms with E-state index in [1.807, 2.05) is 25.1 Å². The van der Waals surface area contributed by atoms with E-state index >= 15 is 0 Å². The maximum atomic E-state index is 10.0. The van der Waals surface area contributed by atoms with E-state index in [0.29, 0.717) is 0 Å². The normalized spacial score (nSPS) is 29.3. The second-order valence-corrected chi connectivity index (χ2v) is 6.12. The van der Waals surface area contributed by atoms with Gasteiger partial charge >= 0.3 is 0 Å². The van der Waals surface area contributed by atoms with Gasteiger partial charge in [-0.05, 0) is 43.5 Å². The van der Waals surface area contributed by atoms with E-state index in [2.05, 4.69) is 0 Å². The van der Waals surface area contributed by atoms with Gasteiger partial charge in [-0.2, -0.15) is 0 Å². The summed E-state index contributed by atoms with van der Waals surface area (Å²) in [6.45, 7) is 1.98. The Kier molecular flexibility index (Phi) is 3.03. The van der Waals surface area contributed by atoms with Crippen LogP contribution in [0.25, 0.3) is 0 Å². The predicted octanol–water partition coefficient (Wildman–Crippen LogP) is 3.72. The largest absolute Gasteiger partial charge is 0.490 e. The molecular weight excluding hydrogens is 248 g/mol. The van der Waals surface area contributed by atoms with E-state index in [-0.39, 0.29) is 17.6 Å². The number of benzene rings is 1. The van der Waals surface area contributed by atoms with E-state index in [4.69, 9.17) is 16.3 Å². The van der Waals surface area contributed by atoms with Gasteiger partial charge in [0.15, 0.2) is 0 Å². The van der Waals surface area contributed by atoms with Crippen LogP contribution in [0.3, 0.4) is 0 Å². The zero-order chi connectivity index (χ0) is 12.8. The highest BCUT2D eigenvalue weighted by atomic mass is 35.5. The first kappa shape index (κ1) is 12.3. The molecule has 2 saturated carbocycles. The van der Waals surface area contributed by atoms with Crippen molar-refractivity contribution in [1.82, 2.24) is 0 Å². The Bertz CT molecular complexity index is 452. The van der Waals surface area contributed by atoms with Crippen molar-refractivity contribution in [3.05, 3.63) is 28.8 Å². The Morgan fingerprint density at radius 3 is 2.67 bits per heavy atom. The first-order valence-electron chi connectivity index (χ1n) is 6.73. The van der Waals surface area contributed by atoms with Gasteiger partial charge in [-0.3, -0.25) is 0 Å². The summed E-state index contributed by atoms with van der Waals surface area (Å²) in [4.78, 5) is 0. The molecule has 2 atom stereocenters.